The molecule has 1 heterocycles. The van der Waals surface area contributed by atoms with Gasteiger partial charge in [0.1, 0.15) is 11.2 Å². The molecule has 3 unspecified atom stereocenters. The Balaban J connectivity index is 1.79. The van der Waals surface area contributed by atoms with Crippen molar-refractivity contribution < 1.29 is 28.5 Å². The van der Waals surface area contributed by atoms with E-state index in [4.69, 9.17) is 18.9 Å². The maximum absolute atomic E-state index is 13.0. The maximum Gasteiger partial charge on any atom is 0.316 e. The first-order chi connectivity index (χ1) is 11.3. The van der Waals surface area contributed by atoms with E-state index in [0.29, 0.717) is 6.61 Å². The van der Waals surface area contributed by atoms with E-state index in [1.54, 1.807) is 14.0 Å². The van der Waals surface area contributed by atoms with Crippen molar-refractivity contribution in [3.8, 4) is 0 Å². The highest BCUT2D eigenvalue weighted by Gasteiger charge is 2.94. The van der Waals surface area contributed by atoms with Crippen LogP contribution >= 0.6 is 0 Å². The summed E-state index contributed by atoms with van der Waals surface area (Å²) < 4.78 is 23.3. The minimum absolute atomic E-state index is 0.140. The summed E-state index contributed by atoms with van der Waals surface area (Å²) in [6, 6.07) is 0. The molecular formula is C18H26O6. The van der Waals surface area contributed by atoms with Gasteiger partial charge in [-0.15, -0.1) is 0 Å². The third kappa shape index (κ3) is 1.62. The highest BCUT2D eigenvalue weighted by Crippen LogP contribution is 2.81. The Hall–Kier alpha value is -0.980. The SMILES string of the molecule is CCOC(=O)C12C([C@@H]3OC(C)(C)O[C@H]3C)[C@@H]3CC[C@@]1(OC)C2C3=O. The molecule has 5 rings (SSSR count). The molecule has 0 N–H and O–H groups in total. The highest BCUT2D eigenvalue weighted by molar-refractivity contribution is 6.05. The fraction of sp³-hybridized carbons (Fsp3) is 0.889. The number of rotatable bonds is 4. The maximum atomic E-state index is 13.0. The van der Waals surface area contributed by atoms with E-state index in [-0.39, 0.29) is 35.8 Å². The summed E-state index contributed by atoms with van der Waals surface area (Å²) in [5.41, 5.74) is -1.62. The molecule has 0 amide bonds. The Morgan fingerprint density at radius 3 is 2.54 bits per heavy atom. The predicted molar refractivity (Wildman–Crippen MR) is 83.0 cm³/mol. The van der Waals surface area contributed by atoms with E-state index in [9.17, 15) is 9.59 Å². The van der Waals surface area contributed by atoms with E-state index in [1.807, 2.05) is 20.8 Å². The van der Waals surface area contributed by atoms with Crippen molar-refractivity contribution >= 4 is 11.8 Å². The summed E-state index contributed by atoms with van der Waals surface area (Å²) in [5, 5.41) is 0. The summed E-state index contributed by atoms with van der Waals surface area (Å²) in [6.07, 6.45) is 0.979. The molecule has 0 aromatic rings. The van der Waals surface area contributed by atoms with Crippen molar-refractivity contribution in [3.05, 3.63) is 0 Å². The van der Waals surface area contributed by atoms with Gasteiger partial charge in [0.05, 0.1) is 30.3 Å². The Labute approximate surface area is 142 Å². The van der Waals surface area contributed by atoms with Crippen LogP contribution in [0.4, 0.5) is 0 Å². The van der Waals surface area contributed by atoms with Crippen LogP contribution in [0.5, 0.6) is 0 Å². The fourth-order valence-electron chi connectivity index (χ4n) is 6.10. The van der Waals surface area contributed by atoms with Crippen LogP contribution in [0.2, 0.25) is 0 Å². The topological polar surface area (TPSA) is 71.1 Å². The van der Waals surface area contributed by atoms with Gasteiger partial charge in [0.15, 0.2) is 5.79 Å². The molecule has 0 aromatic heterocycles. The van der Waals surface area contributed by atoms with Gasteiger partial charge in [0.2, 0.25) is 0 Å². The van der Waals surface area contributed by atoms with Crippen molar-refractivity contribution in [2.75, 3.05) is 13.7 Å². The number of Topliss-reactive ketones (excluding diaryl/α,β-unsaturated/α-hetero) is 1. The van der Waals surface area contributed by atoms with Gasteiger partial charge >= 0.3 is 5.97 Å². The zero-order valence-corrected chi connectivity index (χ0v) is 15.0. The first kappa shape index (κ1) is 16.5. The average Bonchev–Trinajstić information content (AvgIpc) is 2.97. The number of carbonyl (C=O) groups is 2. The number of hydrogen-bond donors (Lipinski definition) is 0. The van der Waals surface area contributed by atoms with Crippen LogP contribution in [0.3, 0.4) is 0 Å². The number of fused-ring (bicyclic) bond motifs is 1. The highest BCUT2D eigenvalue weighted by atomic mass is 16.8. The van der Waals surface area contributed by atoms with E-state index in [1.165, 1.54) is 0 Å². The Morgan fingerprint density at radius 2 is 2.04 bits per heavy atom. The van der Waals surface area contributed by atoms with Crippen LogP contribution in [0, 0.1) is 23.2 Å². The quantitative estimate of drug-likeness (QED) is 0.727. The second-order valence-corrected chi connectivity index (χ2v) is 7.99. The van der Waals surface area contributed by atoms with Gasteiger partial charge in [-0.05, 0) is 40.5 Å². The molecule has 134 valence electrons. The van der Waals surface area contributed by atoms with Crippen LogP contribution < -0.4 is 0 Å². The minimum Gasteiger partial charge on any atom is -0.465 e. The molecule has 0 spiro atoms. The fourth-order valence-corrected chi connectivity index (χ4v) is 6.10. The lowest BCUT2D eigenvalue weighted by Crippen LogP contribution is -2.52. The van der Waals surface area contributed by atoms with Gasteiger partial charge in [-0.2, -0.15) is 0 Å². The number of ether oxygens (including phenoxy) is 4. The zero-order valence-electron chi connectivity index (χ0n) is 15.0. The van der Waals surface area contributed by atoms with Crippen molar-refractivity contribution in [1.82, 2.24) is 0 Å². The Morgan fingerprint density at radius 1 is 1.33 bits per heavy atom. The summed E-state index contributed by atoms with van der Waals surface area (Å²) >= 11 is 0. The summed E-state index contributed by atoms with van der Waals surface area (Å²) in [7, 11) is 1.60. The third-order valence-corrected chi connectivity index (χ3v) is 6.66. The summed E-state index contributed by atoms with van der Waals surface area (Å²) in [5.74, 6) is -1.67. The standard InChI is InChI=1S/C18H26O6/c1-6-22-15(20)18-11(13-9(2)23-16(3,4)24-13)10-7-8-17(18,21-5)14(18)12(10)19/h9-11,13-14H,6-8H2,1-5H3/t9-,10-,11?,13+,14?,17+,18?/m0/s1. The Kier molecular flexibility index (Phi) is 3.30. The van der Waals surface area contributed by atoms with Crippen molar-refractivity contribution in [1.29, 1.82) is 0 Å². The number of esters is 1. The molecule has 4 saturated carbocycles. The lowest BCUT2D eigenvalue weighted by molar-refractivity contribution is -0.178. The molecule has 5 fully saturated rings. The van der Waals surface area contributed by atoms with Gasteiger partial charge in [0, 0.05) is 18.9 Å². The van der Waals surface area contributed by atoms with Gasteiger partial charge in [-0.1, -0.05) is 0 Å². The molecule has 24 heavy (non-hydrogen) atoms. The molecule has 1 saturated heterocycles. The molecule has 4 bridgehead atoms. The lowest BCUT2D eigenvalue weighted by atomic mass is 9.67. The van der Waals surface area contributed by atoms with Crippen molar-refractivity contribution in [3.63, 3.8) is 0 Å². The van der Waals surface area contributed by atoms with Crippen molar-refractivity contribution in [2.24, 2.45) is 23.2 Å². The van der Waals surface area contributed by atoms with Crippen LogP contribution in [0.25, 0.3) is 0 Å². The largest absolute Gasteiger partial charge is 0.465 e. The third-order valence-electron chi connectivity index (χ3n) is 6.66. The van der Waals surface area contributed by atoms with Gasteiger partial charge in [0.25, 0.3) is 0 Å². The normalized spacial score (nSPS) is 50.9. The van der Waals surface area contributed by atoms with Crippen LogP contribution in [-0.2, 0) is 28.5 Å². The molecule has 5 aliphatic rings. The molecular weight excluding hydrogens is 312 g/mol. The van der Waals surface area contributed by atoms with Gasteiger partial charge < -0.3 is 18.9 Å². The van der Waals surface area contributed by atoms with Crippen LogP contribution in [0.15, 0.2) is 0 Å². The molecule has 7 atom stereocenters. The van der Waals surface area contributed by atoms with E-state index < -0.39 is 22.7 Å². The zero-order chi connectivity index (χ0) is 17.5. The van der Waals surface area contributed by atoms with Crippen LogP contribution in [0.1, 0.15) is 40.5 Å². The van der Waals surface area contributed by atoms with Gasteiger partial charge in [-0.3, -0.25) is 9.59 Å². The van der Waals surface area contributed by atoms with Crippen LogP contribution in [-0.4, -0.2) is 49.1 Å². The van der Waals surface area contributed by atoms with E-state index >= 15 is 0 Å². The van der Waals surface area contributed by atoms with E-state index in [2.05, 4.69) is 0 Å². The first-order valence-electron chi connectivity index (χ1n) is 8.88. The predicted octanol–water partition coefficient (Wildman–Crippen LogP) is 1.70. The number of carbonyl (C=O) groups excluding carboxylic acids is 2. The molecule has 0 aromatic carbocycles. The summed E-state index contributed by atoms with van der Waals surface area (Å²) in [4.78, 5) is 25.9. The minimum atomic E-state index is -0.902. The molecule has 6 nitrogen and oxygen atoms in total. The lowest BCUT2D eigenvalue weighted by Gasteiger charge is -2.42. The summed E-state index contributed by atoms with van der Waals surface area (Å²) in [6.45, 7) is 7.77. The molecule has 0 radical (unpaired) electrons. The Bertz CT molecular complexity index is 600. The monoisotopic (exact) mass is 338 g/mol. The molecule has 6 heteroatoms. The number of ketones is 1. The second kappa shape index (κ2) is 4.80. The molecule has 4 aliphatic carbocycles. The number of hydrogen-bond acceptors (Lipinski definition) is 6. The first-order valence-corrected chi connectivity index (χ1v) is 8.88. The van der Waals surface area contributed by atoms with Gasteiger partial charge in [-0.25, -0.2) is 0 Å². The van der Waals surface area contributed by atoms with E-state index in [0.717, 1.165) is 12.8 Å². The average molecular weight is 338 g/mol. The number of methoxy groups -OCH3 is 1. The second-order valence-electron chi connectivity index (χ2n) is 7.99. The molecule has 1 aliphatic heterocycles. The van der Waals surface area contributed by atoms with Crippen molar-refractivity contribution in [2.45, 2.75) is 64.1 Å². The smallest absolute Gasteiger partial charge is 0.316 e.